The maximum atomic E-state index is 12.5. The molecule has 0 spiro atoms. The van der Waals surface area contributed by atoms with E-state index in [1.807, 2.05) is 24.3 Å². The molecule has 0 aromatic heterocycles. The van der Waals surface area contributed by atoms with Gasteiger partial charge in [-0.05, 0) is 29.0 Å². The van der Waals surface area contributed by atoms with Crippen molar-refractivity contribution in [2.45, 2.75) is 0 Å². The molecule has 4 aromatic rings. The molecule has 0 fully saturated rings. The lowest BCUT2D eigenvalue weighted by molar-refractivity contribution is -0.384. The number of non-ortho nitro benzene ring substituents is 1. The minimum atomic E-state index is -0.531. The Morgan fingerprint density at radius 3 is 2.58 bits per heavy atom. The normalized spacial score (nSPS) is 14.1. The smallest absolute Gasteiger partial charge is 0.275 e. The van der Waals surface area contributed by atoms with Crippen LogP contribution in [0.25, 0.3) is 10.8 Å². The lowest BCUT2D eigenvalue weighted by Crippen LogP contribution is -2.13. The average molecular weight is 436 g/mol. The molecule has 8 heteroatoms. The summed E-state index contributed by atoms with van der Waals surface area (Å²) < 4.78 is 0. The number of anilines is 1. The number of nitrogens with zero attached hydrogens (tertiary/aromatic N) is 3. The van der Waals surface area contributed by atoms with Crippen molar-refractivity contribution >= 4 is 51.4 Å². The van der Waals surface area contributed by atoms with Gasteiger partial charge in [0.25, 0.3) is 11.6 Å². The van der Waals surface area contributed by atoms with E-state index in [9.17, 15) is 20.0 Å². The summed E-state index contributed by atoms with van der Waals surface area (Å²) in [6.07, 6.45) is 1.49. The van der Waals surface area contributed by atoms with E-state index < -0.39 is 10.8 Å². The fourth-order valence-electron chi connectivity index (χ4n) is 3.71. The second kappa shape index (κ2) is 8.01. The molecule has 33 heavy (non-hydrogen) atoms. The van der Waals surface area contributed by atoms with Crippen molar-refractivity contribution in [3.05, 3.63) is 100 Å². The van der Waals surface area contributed by atoms with Gasteiger partial charge in [-0.2, -0.15) is 0 Å². The molecule has 0 atom stereocenters. The van der Waals surface area contributed by atoms with Crippen LogP contribution in [0.15, 0.2) is 88.8 Å². The number of para-hydroxylation sites is 1. The van der Waals surface area contributed by atoms with E-state index in [1.54, 1.807) is 36.4 Å². The van der Waals surface area contributed by atoms with Gasteiger partial charge in [0, 0.05) is 29.5 Å². The maximum absolute atomic E-state index is 12.5. The zero-order chi connectivity index (χ0) is 22.9. The number of aromatic hydroxyl groups is 1. The number of aliphatic imine (C=N–C) groups is 2. The topological polar surface area (TPSA) is 117 Å². The van der Waals surface area contributed by atoms with E-state index >= 15 is 0 Å². The number of fused-ring (bicyclic) bond motifs is 2. The van der Waals surface area contributed by atoms with Crippen LogP contribution in [-0.2, 0) is 4.79 Å². The number of phenolic OH excluding ortho intramolecular Hbond substituents is 1. The molecule has 5 rings (SSSR count). The quantitative estimate of drug-likeness (QED) is 0.257. The first-order valence-electron chi connectivity index (χ1n) is 10.0. The average Bonchev–Trinajstić information content (AvgIpc) is 3.14. The second-order valence-electron chi connectivity index (χ2n) is 7.37. The van der Waals surface area contributed by atoms with Crippen molar-refractivity contribution < 1.29 is 14.8 Å². The number of benzene rings is 4. The molecule has 0 bridgehead atoms. The number of phenols is 1. The number of carbonyl (C=O) groups excluding carboxylic acids is 1. The lowest BCUT2D eigenvalue weighted by atomic mass is 10.0. The highest BCUT2D eigenvalue weighted by atomic mass is 16.6. The second-order valence-corrected chi connectivity index (χ2v) is 7.37. The fourth-order valence-corrected chi connectivity index (χ4v) is 3.71. The summed E-state index contributed by atoms with van der Waals surface area (Å²) in [4.78, 5) is 32.2. The Hall–Kier alpha value is -4.85. The molecule has 160 valence electrons. The van der Waals surface area contributed by atoms with Crippen molar-refractivity contribution in [3.8, 4) is 5.75 Å². The Kier molecular flexibility index (Phi) is 4.87. The van der Waals surface area contributed by atoms with Crippen LogP contribution in [0.2, 0.25) is 0 Å². The molecule has 1 heterocycles. The van der Waals surface area contributed by atoms with Gasteiger partial charge in [0.05, 0.1) is 22.0 Å². The summed E-state index contributed by atoms with van der Waals surface area (Å²) in [6.45, 7) is 0. The zero-order valence-electron chi connectivity index (χ0n) is 17.1. The van der Waals surface area contributed by atoms with Gasteiger partial charge in [0.15, 0.2) is 0 Å². The van der Waals surface area contributed by atoms with Crippen molar-refractivity contribution in [2.75, 3.05) is 5.32 Å². The minimum absolute atomic E-state index is 0.0522. The molecule has 0 aliphatic carbocycles. The van der Waals surface area contributed by atoms with Crippen LogP contribution in [0, 0.1) is 10.1 Å². The van der Waals surface area contributed by atoms with Crippen LogP contribution in [0.3, 0.4) is 0 Å². The molecule has 0 unspecified atom stereocenters. The van der Waals surface area contributed by atoms with Gasteiger partial charge in [-0.15, -0.1) is 0 Å². The van der Waals surface area contributed by atoms with Gasteiger partial charge < -0.3 is 10.4 Å². The Morgan fingerprint density at radius 2 is 1.73 bits per heavy atom. The van der Waals surface area contributed by atoms with Crippen LogP contribution in [0.1, 0.15) is 11.1 Å². The summed E-state index contributed by atoms with van der Waals surface area (Å²) in [6, 6.07) is 22.1. The first-order chi connectivity index (χ1) is 16.0. The number of hydrogen-bond donors (Lipinski definition) is 2. The van der Waals surface area contributed by atoms with Gasteiger partial charge in [-0.1, -0.05) is 48.5 Å². The van der Waals surface area contributed by atoms with E-state index in [0.29, 0.717) is 22.5 Å². The summed E-state index contributed by atoms with van der Waals surface area (Å²) >= 11 is 0. The van der Waals surface area contributed by atoms with E-state index in [4.69, 9.17) is 0 Å². The summed E-state index contributed by atoms with van der Waals surface area (Å²) in [5.41, 5.74) is 2.20. The summed E-state index contributed by atoms with van der Waals surface area (Å²) in [7, 11) is 0. The number of hydrogen-bond acceptors (Lipinski definition) is 6. The third kappa shape index (κ3) is 3.70. The highest BCUT2D eigenvalue weighted by Crippen LogP contribution is 2.35. The minimum Gasteiger partial charge on any atom is -0.507 e. The van der Waals surface area contributed by atoms with E-state index in [-0.39, 0.29) is 22.8 Å². The Balaban J connectivity index is 1.64. The molecule has 1 amide bonds. The number of nitro benzene ring substituents is 1. The molecule has 1 aliphatic heterocycles. The Morgan fingerprint density at radius 1 is 0.939 bits per heavy atom. The fraction of sp³-hybridized carbons (Fsp3) is 0. The SMILES string of the molecule is O=C1Nc2ccccc2C1=Nc1cc([N+](=O)[O-])ccc1N=Cc1c(O)ccc2ccccc12. The number of rotatable bonds is 4. The number of nitrogens with one attached hydrogen (secondary N) is 1. The van der Waals surface area contributed by atoms with E-state index in [2.05, 4.69) is 15.3 Å². The van der Waals surface area contributed by atoms with Gasteiger partial charge in [0.2, 0.25) is 0 Å². The zero-order valence-corrected chi connectivity index (χ0v) is 17.1. The number of nitro groups is 1. The summed E-state index contributed by atoms with van der Waals surface area (Å²) in [5, 5.41) is 26.2. The third-order valence-electron chi connectivity index (χ3n) is 5.33. The summed E-state index contributed by atoms with van der Waals surface area (Å²) in [5.74, 6) is -0.347. The molecular formula is C25H16N4O4. The molecule has 0 saturated heterocycles. The molecule has 2 N–H and O–H groups in total. The predicted molar refractivity (Wildman–Crippen MR) is 127 cm³/mol. The first kappa shape index (κ1) is 20.1. The lowest BCUT2D eigenvalue weighted by Gasteiger charge is -2.06. The van der Waals surface area contributed by atoms with Crippen molar-refractivity contribution in [2.24, 2.45) is 9.98 Å². The molecule has 0 saturated carbocycles. The van der Waals surface area contributed by atoms with Crippen LogP contribution >= 0.6 is 0 Å². The van der Waals surface area contributed by atoms with E-state index in [0.717, 1.165) is 10.8 Å². The highest BCUT2D eigenvalue weighted by molar-refractivity contribution is 6.54. The van der Waals surface area contributed by atoms with Gasteiger partial charge in [-0.3, -0.25) is 19.9 Å². The molecule has 0 radical (unpaired) electrons. The van der Waals surface area contributed by atoms with Crippen LogP contribution in [-0.4, -0.2) is 27.9 Å². The molecular weight excluding hydrogens is 420 g/mol. The highest BCUT2D eigenvalue weighted by Gasteiger charge is 2.26. The number of carbonyl (C=O) groups is 1. The maximum Gasteiger partial charge on any atom is 0.275 e. The molecule has 4 aromatic carbocycles. The van der Waals surface area contributed by atoms with Gasteiger partial charge in [0.1, 0.15) is 11.5 Å². The van der Waals surface area contributed by atoms with Crippen LogP contribution in [0.5, 0.6) is 5.75 Å². The Bertz CT molecular complexity index is 1510. The monoisotopic (exact) mass is 436 g/mol. The van der Waals surface area contributed by atoms with Crippen molar-refractivity contribution in [1.82, 2.24) is 0 Å². The molecule has 8 nitrogen and oxygen atoms in total. The number of amides is 1. The molecule has 1 aliphatic rings. The third-order valence-corrected chi connectivity index (χ3v) is 5.33. The predicted octanol–water partition coefficient (Wildman–Crippen LogP) is 5.28. The van der Waals surface area contributed by atoms with Gasteiger partial charge >= 0.3 is 0 Å². The first-order valence-corrected chi connectivity index (χ1v) is 10.0. The van der Waals surface area contributed by atoms with Crippen LogP contribution in [0.4, 0.5) is 22.7 Å². The van der Waals surface area contributed by atoms with Crippen molar-refractivity contribution in [1.29, 1.82) is 0 Å². The Labute approximate surface area is 187 Å². The van der Waals surface area contributed by atoms with Crippen LogP contribution < -0.4 is 5.32 Å². The van der Waals surface area contributed by atoms with Gasteiger partial charge in [-0.25, -0.2) is 4.99 Å². The standard InChI is InChI=1S/C25H16N4O4/c30-23-12-9-15-5-1-2-6-17(15)19(23)14-26-21-11-10-16(29(32)33)13-22(21)27-24-18-7-3-4-8-20(18)28-25(24)31/h1-14,30H,(H,27,28,31). The van der Waals surface area contributed by atoms with Crippen molar-refractivity contribution in [3.63, 3.8) is 0 Å². The van der Waals surface area contributed by atoms with E-state index in [1.165, 1.54) is 24.4 Å². The largest absolute Gasteiger partial charge is 0.507 e.